The molecule has 1 aromatic carbocycles. The van der Waals surface area contributed by atoms with Gasteiger partial charge in [0, 0.05) is 0 Å². The van der Waals surface area contributed by atoms with Gasteiger partial charge in [-0.15, -0.1) is 0 Å². The smallest absolute Gasteiger partial charge is 0.345 e. The van der Waals surface area contributed by atoms with Gasteiger partial charge in [0.05, 0.1) is 6.04 Å². The Morgan fingerprint density at radius 2 is 2.04 bits per heavy atom. The van der Waals surface area contributed by atoms with Crippen molar-refractivity contribution in [3.8, 4) is 0 Å². The van der Waals surface area contributed by atoms with Crippen LogP contribution in [0, 0.1) is 0 Å². The monoisotopic (exact) mass is 364 g/mol. The first kappa shape index (κ1) is 18.2. The second-order valence-corrected chi connectivity index (χ2v) is 6.37. The Hall–Kier alpha value is -2.57. The number of carbonyl (C=O) groups excluding carboxylic acids is 1. The number of amides is 1. The van der Waals surface area contributed by atoms with Crippen LogP contribution < -0.4 is 10.9 Å². The molecule has 0 spiro atoms. The maximum Gasteiger partial charge on any atom is 0.431 e. The van der Waals surface area contributed by atoms with Crippen LogP contribution in [0.1, 0.15) is 58.5 Å². The second kappa shape index (κ2) is 6.97. The zero-order valence-corrected chi connectivity index (χ0v) is 14.2. The standard InChI is InChI=1S/C19H19F3N2O2/c1-2-11-5-3-7-13-12(11)6-4-8-15(13)23-17(25)14-9-10-16(19(20,21)22)24-18(14)26/h3,5,7,9-10,15H,2,4,6,8H2,1H3,(H,23,25)(H,24,26). The highest BCUT2D eigenvalue weighted by Crippen LogP contribution is 2.32. The Balaban J connectivity index is 1.85. The van der Waals surface area contributed by atoms with Crippen molar-refractivity contribution in [2.24, 2.45) is 0 Å². The lowest BCUT2D eigenvalue weighted by Gasteiger charge is -2.28. The van der Waals surface area contributed by atoms with Gasteiger partial charge in [-0.05, 0) is 54.5 Å². The molecule has 0 bridgehead atoms. The van der Waals surface area contributed by atoms with E-state index in [1.807, 2.05) is 12.1 Å². The van der Waals surface area contributed by atoms with E-state index in [2.05, 4.69) is 18.3 Å². The summed E-state index contributed by atoms with van der Waals surface area (Å²) in [5.74, 6) is -0.667. The van der Waals surface area contributed by atoms with Crippen LogP contribution in [0.3, 0.4) is 0 Å². The van der Waals surface area contributed by atoms with Crippen LogP contribution >= 0.6 is 0 Å². The van der Waals surface area contributed by atoms with Gasteiger partial charge in [0.15, 0.2) is 0 Å². The highest BCUT2D eigenvalue weighted by molar-refractivity contribution is 5.94. The van der Waals surface area contributed by atoms with Gasteiger partial charge in [-0.2, -0.15) is 13.2 Å². The first-order valence-electron chi connectivity index (χ1n) is 8.53. The number of H-pyrrole nitrogens is 1. The molecule has 2 aromatic rings. The summed E-state index contributed by atoms with van der Waals surface area (Å²) in [6.07, 6.45) is -1.20. The van der Waals surface area contributed by atoms with Crippen molar-refractivity contribution in [3.63, 3.8) is 0 Å². The van der Waals surface area contributed by atoms with E-state index in [9.17, 15) is 22.8 Å². The lowest BCUT2D eigenvalue weighted by Crippen LogP contribution is -2.35. The average molecular weight is 364 g/mol. The van der Waals surface area contributed by atoms with Gasteiger partial charge in [-0.1, -0.05) is 25.1 Å². The molecule has 1 amide bonds. The Labute approximate surface area is 148 Å². The van der Waals surface area contributed by atoms with Crippen LogP contribution in [-0.4, -0.2) is 10.9 Å². The minimum Gasteiger partial charge on any atom is -0.345 e. The molecule has 4 nitrogen and oxygen atoms in total. The lowest BCUT2D eigenvalue weighted by atomic mass is 9.84. The number of pyridine rings is 1. The van der Waals surface area contributed by atoms with E-state index in [-0.39, 0.29) is 11.6 Å². The predicted molar refractivity (Wildman–Crippen MR) is 91.0 cm³/mol. The number of aromatic amines is 1. The first-order chi connectivity index (χ1) is 12.3. The third-order valence-electron chi connectivity index (χ3n) is 4.75. The van der Waals surface area contributed by atoms with Crippen LogP contribution in [0.15, 0.2) is 35.1 Å². The molecule has 0 aliphatic heterocycles. The van der Waals surface area contributed by atoms with E-state index < -0.39 is 23.3 Å². The van der Waals surface area contributed by atoms with Gasteiger partial charge in [-0.25, -0.2) is 0 Å². The molecule has 2 N–H and O–H groups in total. The maximum atomic E-state index is 12.6. The molecular formula is C19H19F3N2O2. The van der Waals surface area contributed by atoms with E-state index >= 15 is 0 Å². The Morgan fingerprint density at radius 3 is 2.69 bits per heavy atom. The van der Waals surface area contributed by atoms with Gasteiger partial charge < -0.3 is 10.3 Å². The molecule has 7 heteroatoms. The summed E-state index contributed by atoms with van der Waals surface area (Å²) in [5, 5.41) is 2.80. The Morgan fingerprint density at radius 1 is 1.27 bits per heavy atom. The molecule has 138 valence electrons. The third kappa shape index (κ3) is 3.52. The fourth-order valence-corrected chi connectivity index (χ4v) is 3.46. The molecule has 0 fully saturated rings. The molecule has 3 rings (SSSR count). The van der Waals surface area contributed by atoms with Gasteiger partial charge in [0.1, 0.15) is 11.3 Å². The second-order valence-electron chi connectivity index (χ2n) is 6.37. The SMILES string of the molecule is CCc1cccc2c1CCCC2NC(=O)c1ccc(C(F)(F)F)[nH]c1=O. The predicted octanol–water partition coefficient (Wildman–Crippen LogP) is 3.76. The van der Waals surface area contributed by atoms with Crippen LogP contribution in [0.5, 0.6) is 0 Å². The summed E-state index contributed by atoms with van der Waals surface area (Å²) in [5.41, 5.74) is 0.927. The zero-order chi connectivity index (χ0) is 18.9. The molecule has 1 atom stereocenters. The number of halogens is 3. The fraction of sp³-hybridized carbons (Fsp3) is 0.368. The molecule has 1 aromatic heterocycles. The number of hydrogen-bond acceptors (Lipinski definition) is 2. The number of benzene rings is 1. The van der Waals surface area contributed by atoms with Gasteiger partial charge in [0.25, 0.3) is 11.5 Å². The summed E-state index contributed by atoms with van der Waals surface area (Å²) in [6.45, 7) is 2.07. The first-order valence-corrected chi connectivity index (χ1v) is 8.53. The minimum atomic E-state index is -4.66. The number of nitrogens with one attached hydrogen (secondary N) is 2. The van der Waals surface area contributed by atoms with E-state index in [4.69, 9.17) is 0 Å². The van der Waals surface area contributed by atoms with Crippen LogP contribution in [0.4, 0.5) is 13.2 Å². The van der Waals surface area contributed by atoms with E-state index in [1.54, 1.807) is 4.98 Å². The van der Waals surface area contributed by atoms with Crippen molar-refractivity contribution in [1.29, 1.82) is 0 Å². The largest absolute Gasteiger partial charge is 0.431 e. The number of fused-ring (bicyclic) bond motifs is 1. The zero-order valence-electron chi connectivity index (χ0n) is 14.2. The van der Waals surface area contributed by atoms with Crippen molar-refractivity contribution in [2.45, 2.75) is 44.8 Å². The molecule has 1 aliphatic rings. The summed E-state index contributed by atoms with van der Waals surface area (Å²) in [7, 11) is 0. The van der Waals surface area contributed by atoms with Crippen molar-refractivity contribution in [2.75, 3.05) is 0 Å². The average Bonchev–Trinajstić information content (AvgIpc) is 2.60. The molecule has 26 heavy (non-hydrogen) atoms. The number of aromatic nitrogens is 1. The van der Waals surface area contributed by atoms with Crippen molar-refractivity contribution < 1.29 is 18.0 Å². The summed E-state index contributed by atoms with van der Waals surface area (Å²) < 4.78 is 37.9. The normalized spacial score (nSPS) is 16.8. The maximum absolute atomic E-state index is 12.6. The molecular weight excluding hydrogens is 345 g/mol. The molecule has 1 heterocycles. The Bertz CT molecular complexity index is 887. The number of rotatable bonds is 3. The quantitative estimate of drug-likeness (QED) is 0.871. The lowest BCUT2D eigenvalue weighted by molar-refractivity contribution is -0.141. The van der Waals surface area contributed by atoms with Crippen LogP contribution in [-0.2, 0) is 19.0 Å². The van der Waals surface area contributed by atoms with Gasteiger partial charge >= 0.3 is 6.18 Å². The van der Waals surface area contributed by atoms with E-state index in [1.165, 1.54) is 11.1 Å². The fourth-order valence-electron chi connectivity index (χ4n) is 3.46. The van der Waals surface area contributed by atoms with E-state index in [0.29, 0.717) is 6.07 Å². The Kier molecular flexibility index (Phi) is 4.89. The van der Waals surface area contributed by atoms with E-state index in [0.717, 1.165) is 37.3 Å². The molecule has 0 saturated carbocycles. The highest BCUT2D eigenvalue weighted by Gasteiger charge is 2.32. The summed E-state index contributed by atoms with van der Waals surface area (Å²) in [4.78, 5) is 26.1. The number of hydrogen-bond donors (Lipinski definition) is 2. The van der Waals surface area contributed by atoms with Crippen LogP contribution in [0.25, 0.3) is 0 Å². The van der Waals surface area contributed by atoms with Gasteiger partial charge in [0.2, 0.25) is 0 Å². The topological polar surface area (TPSA) is 62.0 Å². The highest BCUT2D eigenvalue weighted by atomic mass is 19.4. The number of alkyl halides is 3. The minimum absolute atomic E-state index is 0.251. The summed E-state index contributed by atoms with van der Waals surface area (Å²) in [6, 6.07) is 7.33. The third-order valence-corrected chi connectivity index (χ3v) is 4.75. The number of carbonyl (C=O) groups is 1. The van der Waals surface area contributed by atoms with Gasteiger partial charge in [-0.3, -0.25) is 9.59 Å². The summed E-state index contributed by atoms with van der Waals surface area (Å²) >= 11 is 0. The molecule has 0 saturated heterocycles. The molecule has 1 unspecified atom stereocenters. The van der Waals surface area contributed by atoms with Crippen molar-refractivity contribution >= 4 is 5.91 Å². The van der Waals surface area contributed by atoms with Crippen LogP contribution in [0.2, 0.25) is 0 Å². The molecule has 0 radical (unpaired) electrons. The molecule has 1 aliphatic carbocycles. The van der Waals surface area contributed by atoms with Crippen molar-refractivity contribution in [1.82, 2.24) is 10.3 Å². The number of aryl methyl sites for hydroxylation is 1. The van der Waals surface area contributed by atoms with Crippen molar-refractivity contribution in [3.05, 3.63) is 68.6 Å².